The lowest BCUT2D eigenvalue weighted by molar-refractivity contribution is -0.114. The summed E-state index contributed by atoms with van der Waals surface area (Å²) in [5, 5.41) is 6.45. The third kappa shape index (κ3) is 6.34. The lowest BCUT2D eigenvalue weighted by Crippen LogP contribution is -2.19. The summed E-state index contributed by atoms with van der Waals surface area (Å²) < 4.78 is 48.8. The minimum atomic E-state index is -3.62. The Morgan fingerprint density at radius 1 is 1.15 bits per heavy atom. The summed E-state index contributed by atoms with van der Waals surface area (Å²) in [6, 6.07) is 7.62. The van der Waals surface area contributed by atoms with Crippen LogP contribution in [0.4, 0.5) is 21.6 Å². The van der Waals surface area contributed by atoms with Crippen LogP contribution in [0.1, 0.15) is 13.8 Å². The van der Waals surface area contributed by atoms with Crippen molar-refractivity contribution in [2.24, 2.45) is 17.8 Å². The summed E-state index contributed by atoms with van der Waals surface area (Å²) >= 11 is 5.94. The highest BCUT2D eigenvalue weighted by Crippen LogP contribution is 2.51. The van der Waals surface area contributed by atoms with Crippen molar-refractivity contribution in [1.29, 1.82) is 0 Å². The SMILES string of the molecule is CCOP(=O)(CC(=O)Nc1cc2c(Nc3ccc(F)c(Cl)c3)ncnc2cc1OCC1C2COCC21)OCC. The molecule has 1 amide bonds. The third-order valence-electron chi connectivity index (χ3n) is 6.74. The van der Waals surface area contributed by atoms with Crippen LogP contribution in [0, 0.1) is 23.6 Å². The molecule has 2 heterocycles. The topological polar surface area (TPSA) is 121 Å². The van der Waals surface area contributed by atoms with Gasteiger partial charge in [-0.1, -0.05) is 11.6 Å². The lowest BCUT2D eigenvalue weighted by Gasteiger charge is -2.18. The maximum absolute atomic E-state index is 13.6. The van der Waals surface area contributed by atoms with Crippen molar-refractivity contribution in [2.45, 2.75) is 13.8 Å². The zero-order chi connectivity index (χ0) is 27.6. The van der Waals surface area contributed by atoms with E-state index in [2.05, 4.69) is 20.6 Å². The molecule has 2 N–H and O–H groups in total. The van der Waals surface area contributed by atoms with Crippen LogP contribution in [0.5, 0.6) is 5.75 Å². The number of ether oxygens (including phenoxy) is 2. The molecule has 3 aromatic rings. The van der Waals surface area contributed by atoms with Gasteiger partial charge in [-0.05, 0) is 49.9 Å². The lowest BCUT2D eigenvalue weighted by atomic mass is 10.1. The summed E-state index contributed by atoms with van der Waals surface area (Å²) in [5.41, 5.74) is 1.43. The molecule has 10 nitrogen and oxygen atoms in total. The van der Waals surface area contributed by atoms with Gasteiger partial charge in [-0.25, -0.2) is 14.4 Å². The van der Waals surface area contributed by atoms with E-state index in [1.54, 1.807) is 26.0 Å². The van der Waals surface area contributed by atoms with E-state index in [4.69, 9.17) is 30.1 Å². The van der Waals surface area contributed by atoms with Gasteiger partial charge >= 0.3 is 7.60 Å². The fraction of sp³-hybridized carbons (Fsp3) is 0.423. The van der Waals surface area contributed by atoms with Crippen LogP contribution in [-0.2, 0) is 23.1 Å². The largest absolute Gasteiger partial charge is 0.491 e. The zero-order valence-corrected chi connectivity index (χ0v) is 23.1. The van der Waals surface area contributed by atoms with E-state index in [-0.39, 0.29) is 18.2 Å². The third-order valence-corrected chi connectivity index (χ3v) is 9.01. The first-order chi connectivity index (χ1) is 18.8. The van der Waals surface area contributed by atoms with Gasteiger partial charge in [0.25, 0.3) is 0 Å². The Balaban J connectivity index is 1.44. The van der Waals surface area contributed by atoms with Gasteiger partial charge in [-0.3, -0.25) is 9.36 Å². The second-order valence-corrected chi connectivity index (χ2v) is 11.8. The summed E-state index contributed by atoms with van der Waals surface area (Å²) in [6.45, 7) is 5.58. The van der Waals surface area contributed by atoms with Crippen LogP contribution in [0.15, 0.2) is 36.7 Å². The van der Waals surface area contributed by atoms with E-state index in [1.807, 2.05) is 0 Å². The fourth-order valence-electron chi connectivity index (χ4n) is 4.79. The van der Waals surface area contributed by atoms with Crippen LogP contribution in [0.3, 0.4) is 0 Å². The minimum absolute atomic E-state index is 0.0368. The summed E-state index contributed by atoms with van der Waals surface area (Å²) in [4.78, 5) is 21.7. The number of aromatic nitrogens is 2. The van der Waals surface area contributed by atoms with E-state index in [9.17, 15) is 13.8 Å². The van der Waals surface area contributed by atoms with Gasteiger partial charge in [-0.15, -0.1) is 0 Å². The van der Waals surface area contributed by atoms with Crippen LogP contribution < -0.4 is 15.4 Å². The van der Waals surface area contributed by atoms with Gasteiger partial charge in [0.05, 0.1) is 49.3 Å². The summed E-state index contributed by atoms with van der Waals surface area (Å²) in [7, 11) is -3.62. The molecule has 1 saturated carbocycles. The van der Waals surface area contributed by atoms with Crippen molar-refractivity contribution in [2.75, 3.05) is 49.8 Å². The monoisotopic (exact) mass is 578 g/mol. The van der Waals surface area contributed by atoms with Crippen molar-refractivity contribution in [3.8, 4) is 5.75 Å². The van der Waals surface area contributed by atoms with E-state index >= 15 is 0 Å². The first-order valence-corrected chi connectivity index (χ1v) is 14.8. The van der Waals surface area contributed by atoms with Crippen LogP contribution in [-0.4, -0.2) is 55.1 Å². The molecule has 1 aliphatic carbocycles. The Bertz CT molecular complexity index is 1410. The molecule has 5 rings (SSSR count). The number of anilines is 3. The second-order valence-electron chi connectivity index (χ2n) is 9.33. The second kappa shape index (κ2) is 11.7. The maximum atomic E-state index is 13.6. The number of hydrogen-bond acceptors (Lipinski definition) is 9. The van der Waals surface area contributed by atoms with Crippen molar-refractivity contribution in [3.63, 3.8) is 0 Å². The van der Waals surface area contributed by atoms with Crippen molar-refractivity contribution in [3.05, 3.63) is 47.5 Å². The van der Waals surface area contributed by atoms with Gasteiger partial charge in [0.15, 0.2) is 0 Å². The van der Waals surface area contributed by atoms with Crippen molar-refractivity contribution >= 4 is 53.2 Å². The molecule has 2 atom stereocenters. The number of hydrogen-bond donors (Lipinski definition) is 2. The highest BCUT2D eigenvalue weighted by Gasteiger charge is 2.54. The molecule has 2 unspecified atom stereocenters. The number of carbonyl (C=O) groups is 1. The molecule has 0 bridgehead atoms. The average Bonchev–Trinajstić information content (AvgIpc) is 3.31. The van der Waals surface area contributed by atoms with Crippen LogP contribution in [0.2, 0.25) is 5.02 Å². The number of benzene rings is 2. The fourth-order valence-corrected chi connectivity index (χ4v) is 6.45. The molecule has 13 heteroatoms. The predicted molar refractivity (Wildman–Crippen MR) is 145 cm³/mol. The number of nitrogens with zero attached hydrogens (tertiary/aromatic N) is 2. The smallest absolute Gasteiger partial charge is 0.340 e. The van der Waals surface area contributed by atoms with Gasteiger partial charge in [0, 0.05) is 23.1 Å². The zero-order valence-electron chi connectivity index (χ0n) is 21.5. The van der Waals surface area contributed by atoms with E-state index in [1.165, 1.54) is 24.5 Å². The van der Waals surface area contributed by atoms with Gasteiger partial charge in [0.1, 0.15) is 29.9 Å². The number of fused-ring (bicyclic) bond motifs is 2. The highest BCUT2D eigenvalue weighted by atomic mass is 35.5. The molecule has 2 aromatic carbocycles. The van der Waals surface area contributed by atoms with Crippen LogP contribution in [0.25, 0.3) is 10.9 Å². The Kier molecular flexibility index (Phi) is 8.35. The first kappa shape index (κ1) is 27.7. The predicted octanol–water partition coefficient (Wildman–Crippen LogP) is 5.64. The molecule has 0 radical (unpaired) electrons. The standard InChI is InChI=1S/C26H29ClFN4O6P/c1-3-37-39(34,38-4-2)13-25(33)32-23-8-16-22(9-24(23)36-12-19-17-10-35-11-18(17)19)29-14-30-26(16)31-15-5-6-21(28)20(27)7-15/h5-9,14,17-19H,3-4,10-13H2,1-2H3,(H,32,33)(H,29,30,31). The Hall–Kier alpha value is -2.82. The average molecular weight is 579 g/mol. The van der Waals surface area contributed by atoms with Crippen molar-refractivity contribution < 1.29 is 32.3 Å². The number of rotatable bonds is 12. The normalized spacial score (nSPS) is 20.1. The first-order valence-electron chi connectivity index (χ1n) is 12.7. The highest BCUT2D eigenvalue weighted by molar-refractivity contribution is 7.54. The van der Waals surface area contributed by atoms with Gasteiger partial charge in [-0.2, -0.15) is 0 Å². The van der Waals surface area contributed by atoms with Crippen LogP contribution >= 0.6 is 19.2 Å². The molecule has 208 valence electrons. The number of carbonyl (C=O) groups excluding carboxylic acids is 1. The molecule has 1 aromatic heterocycles. The molecule has 1 saturated heterocycles. The number of amides is 1. The number of halogens is 2. The molecular formula is C26H29ClFN4O6P. The quantitative estimate of drug-likeness (QED) is 0.263. The summed E-state index contributed by atoms with van der Waals surface area (Å²) in [5.74, 6) is 1.11. The van der Waals surface area contributed by atoms with Crippen molar-refractivity contribution in [1.82, 2.24) is 9.97 Å². The Labute approximate surface area is 230 Å². The van der Waals surface area contributed by atoms with E-state index < -0.39 is 25.5 Å². The molecule has 2 aliphatic rings. The van der Waals surface area contributed by atoms with E-state index in [0.29, 0.717) is 58.2 Å². The van der Waals surface area contributed by atoms with Gasteiger partial charge in [0.2, 0.25) is 5.91 Å². The minimum Gasteiger partial charge on any atom is -0.491 e. The molecule has 1 aliphatic heterocycles. The van der Waals surface area contributed by atoms with E-state index in [0.717, 1.165) is 13.2 Å². The van der Waals surface area contributed by atoms with Gasteiger partial charge < -0.3 is 29.2 Å². The Morgan fingerprint density at radius 3 is 2.59 bits per heavy atom. The number of nitrogens with one attached hydrogen (secondary N) is 2. The molecule has 2 fully saturated rings. The Morgan fingerprint density at radius 2 is 1.90 bits per heavy atom. The molecular weight excluding hydrogens is 550 g/mol. The molecule has 0 spiro atoms. The molecule has 39 heavy (non-hydrogen) atoms. The summed E-state index contributed by atoms with van der Waals surface area (Å²) in [6.07, 6.45) is 0.932. The maximum Gasteiger partial charge on any atom is 0.340 e.